The van der Waals surface area contributed by atoms with Gasteiger partial charge in [-0.2, -0.15) is 0 Å². The number of halogens is 2. The number of aromatic amines is 1. The van der Waals surface area contributed by atoms with Gasteiger partial charge in [0.1, 0.15) is 5.82 Å². The van der Waals surface area contributed by atoms with Gasteiger partial charge in [0.15, 0.2) is 23.0 Å². The van der Waals surface area contributed by atoms with E-state index in [1.807, 2.05) is 0 Å². The Bertz CT molecular complexity index is 937. The number of hydrogen-bond donors (Lipinski definition) is 1. The second kappa shape index (κ2) is 5.55. The van der Waals surface area contributed by atoms with Gasteiger partial charge in [-0.1, -0.05) is 0 Å². The van der Waals surface area contributed by atoms with E-state index in [4.69, 9.17) is 4.74 Å². The van der Waals surface area contributed by atoms with E-state index in [9.17, 15) is 18.9 Å². The maximum absolute atomic E-state index is 13.8. The van der Waals surface area contributed by atoms with Crippen molar-refractivity contribution >= 4 is 16.7 Å². The second-order valence-electron chi connectivity index (χ2n) is 5.73. The van der Waals surface area contributed by atoms with Crippen LogP contribution in [-0.4, -0.2) is 14.9 Å². The number of nitro benzene ring substituents is 1. The molecule has 1 aromatic heterocycles. The van der Waals surface area contributed by atoms with E-state index in [2.05, 4.69) is 9.97 Å². The van der Waals surface area contributed by atoms with Gasteiger partial charge in [-0.15, -0.1) is 0 Å². The van der Waals surface area contributed by atoms with E-state index in [1.54, 1.807) is 13.8 Å². The summed E-state index contributed by atoms with van der Waals surface area (Å²) >= 11 is 0. The summed E-state index contributed by atoms with van der Waals surface area (Å²) in [6.45, 7) is 3.31. The Balaban J connectivity index is 1.96. The molecule has 8 heteroatoms. The van der Waals surface area contributed by atoms with Crippen LogP contribution in [0.25, 0.3) is 11.0 Å². The van der Waals surface area contributed by atoms with E-state index in [0.29, 0.717) is 16.9 Å². The van der Waals surface area contributed by atoms with Crippen molar-refractivity contribution in [3.63, 3.8) is 0 Å². The molecule has 0 aliphatic heterocycles. The largest absolute Gasteiger partial charge is 0.477 e. The predicted molar refractivity (Wildman–Crippen MR) is 82.8 cm³/mol. The fourth-order valence-corrected chi connectivity index (χ4v) is 2.28. The lowest BCUT2D eigenvalue weighted by Crippen LogP contribution is -2.27. The third-order valence-corrected chi connectivity index (χ3v) is 3.51. The first-order valence-corrected chi connectivity index (χ1v) is 7.05. The molecule has 1 heterocycles. The van der Waals surface area contributed by atoms with Crippen molar-refractivity contribution < 1.29 is 18.4 Å². The van der Waals surface area contributed by atoms with Crippen LogP contribution in [-0.2, 0) is 5.60 Å². The van der Waals surface area contributed by atoms with Crippen LogP contribution in [0.3, 0.4) is 0 Å². The summed E-state index contributed by atoms with van der Waals surface area (Å²) in [5.41, 5.74) is -0.143. The van der Waals surface area contributed by atoms with Crippen LogP contribution in [0.2, 0.25) is 0 Å². The molecule has 0 atom stereocenters. The standard InChI is InChI=1S/C16H13F2N3O3/c1-16(2,24-14-6-3-9(17)7-11(14)18)15-19-12-5-4-10(21(22)23)8-13(12)20-15/h3-8H,1-2H3,(H,19,20). The SMILES string of the molecule is CC(C)(Oc1ccc(F)cc1F)c1nc2ccc([N+](=O)[O-])cc2[nH]1. The monoisotopic (exact) mass is 333 g/mol. The summed E-state index contributed by atoms with van der Waals surface area (Å²) in [7, 11) is 0. The van der Waals surface area contributed by atoms with Crippen LogP contribution in [0.1, 0.15) is 19.7 Å². The van der Waals surface area contributed by atoms with Crippen LogP contribution in [0.5, 0.6) is 5.75 Å². The number of fused-ring (bicyclic) bond motifs is 1. The molecule has 0 aliphatic carbocycles. The van der Waals surface area contributed by atoms with Crippen molar-refractivity contribution in [1.29, 1.82) is 0 Å². The van der Waals surface area contributed by atoms with Crippen molar-refractivity contribution in [3.8, 4) is 5.75 Å². The van der Waals surface area contributed by atoms with Crippen molar-refractivity contribution in [2.75, 3.05) is 0 Å². The van der Waals surface area contributed by atoms with Crippen LogP contribution in [0.15, 0.2) is 36.4 Å². The van der Waals surface area contributed by atoms with E-state index >= 15 is 0 Å². The number of nitrogens with zero attached hydrogens (tertiary/aromatic N) is 2. The molecule has 0 bridgehead atoms. The fraction of sp³-hybridized carbons (Fsp3) is 0.188. The summed E-state index contributed by atoms with van der Waals surface area (Å²) in [6, 6.07) is 7.24. The maximum atomic E-state index is 13.8. The molecule has 0 saturated heterocycles. The van der Waals surface area contributed by atoms with Gasteiger partial charge >= 0.3 is 0 Å². The minimum atomic E-state index is -1.06. The molecule has 0 amide bonds. The van der Waals surface area contributed by atoms with Crippen molar-refractivity contribution in [2.45, 2.75) is 19.4 Å². The van der Waals surface area contributed by atoms with E-state index in [-0.39, 0.29) is 11.4 Å². The number of H-pyrrole nitrogens is 1. The molecule has 0 aliphatic rings. The van der Waals surface area contributed by atoms with Gasteiger partial charge in [-0.05, 0) is 32.0 Å². The van der Waals surface area contributed by atoms with Crippen molar-refractivity contribution in [2.24, 2.45) is 0 Å². The number of ether oxygens (including phenoxy) is 1. The first-order chi connectivity index (χ1) is 11.3. The predicted octanol–water partition coefficient (Wildman–Crippen LogP) is 4.06. The summed E-state index contributed by atoms with van der Waals surface area (Å²) in [5.74, 6) is -1.28. The van der Waals surface area contributed by atoms with Gasteiger partial charge in [0.25, 0.3) is 5.69 Å². The van der Waals surface area contributed by atoms with E-state index < -0.39 is 22.2 Å². The topological polar surface area (TPSA) is 81.1 Å². The maximum Gasteiger partial charge on any atom is 0.271 e. The number of non-ortho nitro benzene ring substituents is 1. The van der Waals surface area contributed by atoms with E-state index in [1.165, 1.54) is 24.3 Å². The highest BCUT2D eigenvalue weighted by Gasteiger charge is 2.28. The van der Waals surface area contributed by atoms with Crippen LogP contribution in [0.4, 0.5) is 14.5 Å². The quantitative estimate of drug-likeness (QED) is 0.576. The molecule has 24 heavy (non-hydrogen) atoms. The normalized spacial score (nSPS) is 11.7. The lowest BCUT2D eigenvalue weighted by molar-refractivity contribution is -0.384. The molecule has 1 N–H and O–H groups in total. The Labute approximate surface area is 135 Å². The van der Waals surface area contributed by atoms with Crippen molar-refractivity contribution in [1.82, 2.24) is 9.97 Å². The first kappa shape index (κ1) is 15.9. The van der Waals surface area contributed by atoms with E-state index in [0.717, 1.165) is 12.1 Å². The molecule has 0 radical (unpaired) electrons. The lowest BCUT2D eigenvalue weighted by Gasteiger charge is -2.24. The number of hydrogen-bond acceptors (Lipinski definition) is 4. The zero-order valence-corrected chi connectivity index (χ0v) is 12.8. The molecule has 0 saturated carbocycles. The zero-order chi connectivity index (χ0) is 17.5. The average Bonchev–Trinajstić information content (AvgIpc) is 2.94. The molecule has 124 valence electrons. The van der Waals surface area contributed by atoms with Gasteiger partial charge in [0.2, 0.25) is 0 Å². The Morgan fingerprint density at radius 1 is 1.21 bits per heavy atom. The van der Waals surface area contributed by atoms with Gasteiger partial charge in [-0.3, -0.25) is 10.1 Å². The number of rotatable bonds is 4. The Morgan fingerprint density at radius 3 is 2.62 bits per heavy atom. The lowest BCUT2D eigenvalue weighted by atomic mass is 10.1. The Hall–Kier alpha value is -3.03. The minimum absolute atomic E-state index is 0.0685. The third-order valence-electron chi connectivity index (χ3n) is 3.51. The highest BCUT2D eigenvalue weighted by atomic mass is 19.1. The fourth-order valence-electron chi connectivity index (χ4n) is 2.28. The zero-order valence-electron chi connectivity index (χ0n) is 12.8. The van der Waals surface area contributed by atoms with Gasteiger partial charge in [0, 0.05) is 18.2 Å². The molecular weight excluding hydrogens is 320 g/mol. The molecule has 3 rings (SSSR count). The average molecular weight is 333 g/mol. The number of aromatic nitrogens is 2. The third kappa shape index (κ3) is 2.90. The number of nitrogens with one attached hydrogen (secondary N) is 1. The summed E-state index contributed by atoms with van der Waals surface area (Å²) in [5, 5.41) is 10.8. The summed E-state index contributed by atoms with van der Waals surface area (Å²) in [6.07, 6.45) is 0. The first-order valence-electron chi connectivity index (χ1n) is 7.05. The van der Waals surface area contributed by atoms with Crippen LogP contribution < -0.4 is 4.74 Å². The van der Waals surface area contributed by atoms with Gasteiger partial charge < -0.3 is 9.72 Å². The highest BCUT2D eigenvalue weighted by molar-refractivity contribution is 5.78. The molecule has 6 nitrogen and oxygen atoms in total. The summed E-state index contributed by atoms with van der Waals surface area (Å²) < 4.78 is 32.4. The van der Waals surface area contributed by atoms with Gasteiger partial charge in [0.05, 0.1) is 16.0 Å². The highest BCUT2D eigenvalue weighted by Crippen LogP contribution is 2.30. The van der Waals surface area contributed by atoms with Crippen molar-refractivity contribution in [3.05, 3.63) is 64.0 Å². The number of imidazole rings is 1. The van der Waals surface area contributed by atoms with Gasteiger partial charge in [-0.25, -0.2) is 13.8 Å². The molecule has 0 fully saturated rings. The second-order valence-corrected chi connectivity index (χ2v) is 5.73. The smallest absolute Gasteiger partial charge is 0.271 e. The Kier molecular flexibility index (Phi) is 3.67. The van der Waals surface area contributed by atoms with Crippen LogP contribution >= 0.6 is 0 Å². The molecule has 2 aromatic carbocycles. The Morgan fingerprint density at radius 2 is 1.96 bits per heavy atom. The number of nitro groups is 1. The molecular formula is C16H13F2N3O3. The minimum Gasteiger partial charge on any atom is -0.477 e. The number of benzene rings is 2. The van der Waals surface area contributed by atoms with Crippen LogP contribution in [0, 0.1) is 21.7 Å². The molecule has 3 aromatic rings. The summed E-state index contributed by atoms with van der Waals surface area (Å²) in [4.78, 5) is 17.6. The molecule has 0 unspecified atom stereocenters. The molecule has 0 spiro atoms.